The molecule has 0 saturated heterocycles. The lowest BCUT2D eigenvalue weighted by Crippen LogP contribution is -2.02. The van der Waals surface area contributed by atoms with Gasteiger partial charge in [0.25, 0.3) is 0 Å². The monoisotopic (exact) mass is 287 g/mol. The molecule has 3 rings (SSSR count). The number of rotatable bonds is 4. The first-order valence-electron chi connectivity index (χ1n) is 6.36. The van der Waals surface area contributed by atoms with Crippen molar-refractivity contribution in [1.29, 1.82) is 0 Å². The Kier molecular flexibility index (Phi) is 3.63. The van der Waals surface area contributed by atoms with E-state index in [0.29, 0.717) is 23.9 Å². The molecule has 0 aliphatic carbocycles. The van der Waals surface area contributed by atoms with Crippen molar-refractivity contribution >= 4 is 22.6 Å². The van der Waals surface area contributed by atoms with Gasteiger partial charge in [-0.3, -0.25) is 0 Å². The van der Waals surface area contributed by atoms with Crippen molar-refractivity contribution in [2.24, 2.45) is 5.73 Å². The van der Waals surface area contributed by atoms with Gasteiger partial charge in [0.15, 0.2) is 0 Å². The van der Waals surface area contributed by atoms with Gasteiger partial charge in [-0.1, -0.05) is 41.9 Å². The Morgan fingerprint density at radius 3 is 2.60 bits per heavy atom. The molecule has 0 bridgehead atoms. The number of ether oxygens (including phenoxy) is 1. The Labute approximate surface area is 121 Å². The van der Waals surface area contributed by atoms with E-state index in [0.717, 1.165) is 22.3 Å². The maximum absolute atomic E-state index is 6.08. The smallest absolute Gasteiger partial charge is 0.138 e. The molecule has 0 atom stereocenters. The summed E-state index contributed by atoms with van der Waals surface area (Å²) in [6.45, 7) is 0.725. The molecule has 3 nitrogen and oxygen atoms in total. The van der Waals surface area contributed by atoms with Gasteiger partial charge in [-0.2, -0.15) is 0 Å². The molecule has 0 unspecified atom stereocenters. The van der Waals surface area contributed by atoms with Crippen LogP contribution in [-0.4, -0.2) is 0 Å². The minimum atomic E-state index is 0.343. The molecule has 102 valence electrons. The molecular formula is C16H14ClNO2. The predicted molar refractivity (Wildman–Crippen MR) is 79.9 cm³/mol. The van der Waals surface area contributed by atoms with E-state index in [9.17, 15) is 0 Å². The number of hydrogen-bond donors (Lipinski definition) is 1. The third-order valence-electron chi connectivity index (χ3n) is 3.18. The molecule has 1 heterocycles. The van der Waals surface area contributed by atoms with E-state index in [-0.39, 0.29) is 0 Å². The molecule has 0 radical (unpaired) electrons. The fourth-order valence-electron chi connectivity index (χ4n) is 2.18. The zero-order valence-electron chi connectivity index (χ0n) is 10.8. The standard InChI is InChI=1S/C16H14ClNO2/c17-13-6-2-4-8-15(13)19-10-12-11-5-1-3-7-14(11)20-16(12)9-18/h1-8H,9-10,18H2. The molecule has 4 heteroatoms. The van der Waals surface area contributed by atoms with Crippen LogP contribution in [0, 0.1) is 0 Å². The lowest BCUT2D eigenvalue weighted by atomic mass is 10.1. The molecule has 0 fully saturated rings. The summed E-state index contributed by atoms with van der Waals surface area (Å²) in [4.78, 5) is 0. The van der Waals surface area contributed by atoms with Gasteiger partial charge < -0.3 is 14.9 Å². The van der Waals surface area contributed by atoms with Gasteiger partial charge in [0.1, 0.15) is 23.7 Å². The number of benzene rings is 2. The van der Waals surface area contributed by atoms with Crippen molar-refractivity contribution < 1.29 is 9.15 Å². The average molecular weight is 288 g/mol. The first kappa shape index (κ1) is 13.0. The third kappa shape index (κ3) is 2.38. The zero-order chi connectivity index (χ0) is 13.9. The number of halogens is 1. The average Bonchev–Trinajstić information content (AvgIpc) is 2.84. The van der Waals surface area contributed by atoms with Crippen molar-refractivity contribution in [2.45, 2.75) is 13.2 Å². The van der Waals surface area contributed by atoms with Crippen LogP contribution in [0.5, 0.6) is 5.75 Å². The Morgan fingerprint density at radius 1 is 1.05 bits per heavy atom. The molecule has 0 spiro atoms. The molecule has 3 aromatic rings. The van der Waals surface area contributed by atoms with Gasteiger partial charge in [-0.25, -0.2) is 0 Å². The van der Waals surface area contributed by atoms with Crippen molar-refractivity contribution in [3.8, 4) is 5.75 Å². The largest absolute Gasteiger partial charge is 0.487 e. The number of furan rings is 1. The summed E-state index contributed by atoms with van der Waals surface area (Å²) in [5.74, 6) is 1.40. The summed E-state index contributed by atoms with van der Waals surface area (Å²) in [7, 11) is 0. The van der Waals surface area contributed by atoms with Crippen molar-refractivity contribution in [2.75, 3.05) is 0 Å². The fourth-order valence-corrected chi connectivity index (χ4v) is 2.37. The fraction of sp³-hybridized carbons (Fsp3) is 0.125. The predicted octanol–water partition coefficient (Wildman–Crippen LogP) is 4.12. The number of nitrogens with two attached hydrogens (primary N) is 1. The van der Waals surface area contributed by atoms with E-state index < -0.39 is 0 Å². The topological polar surface area (TPSA) is 48.4 Å². The molecule has 0 aliphatic rings. The van der Waals surface area contributed by atoms with Gasteiger partial charge >= 0.3 is 0 Å². The third-order valence-corrected chi connectivity index (χ3v) is 3.49. The summed E-state index contributed by atoms with van der Waals surface area (Å²) in [5.41, 5.74) is 7.54. The summed E-state index contributed by atoms with van der Waals surface area (Å²) >= 11 is 6.08. The SMILES string of the molecule is NCc1oc2ccccc2c1COc1ccccc1Cl. The highest BCUT2D eigenvalue weighted by atomic mass is 35.5. The van der Waals surface area contributed by atoms with Crippen LogP contribution in [0.3, 0.4) is 0 Å². The van der Waals surface area contributed by atoms with Gasteiger partial charge in [-0.05, 0) is 18.2 Å². The molecular weight excluding hydrogens is 274 g/mol. The second-order valence-electron chi connectivity index (χ2n) is 4.42. The number of fused-ring (bicyclic) bond motifs is 1. The minimum absolute atomic E-state index is 0.343. The molecule has 20 heavy (non-hydrogen) atoms. The van der Waals surface area contributed by atoms with Gasteiger partial charge in [0.2, 0.25) is 0 Å². The van der Waals surface area contributed by atoms with Crippen LogP contribution < -0.4 is 10.5 Å². The molecule has 2 aromatic carbocycles. The van der Waals surface area contributed by atoms with E-state index in [1.54, 1.807) is 6.07 Å². The number of hydrogen-bond acceptors (Lipinski definition) is 3. The van der Waals surface area contributed by atoms with Crippen LogP contribution in [0.2, 0.25) is 5.02 Å². The van der Waals surface area contributed by atoms with E-state index in [4.69, 9.17) is 26.5 Å². The summed E-state index contributed by atoms with van der Waals surface area (Å²) in [6.07, 6.45) is 0. The second kappa shape index (κ2) is 5.57. The molecule has 0 saturated carbocycles. The van der Waals surface area contributed by atoms with Crippen molar-refractivity contribution in [1.82, 2.24) is 0 Å². The molecule has 0 aliphatic heterocycles. The summed E-state index contributed by atoms with van der Waals surface area (Å²) in [5, 5.41) is 1.62. The van der Waals surface area contributed by atoms with E-state index >= 15 is 0 Å². The quantitative estimate of drug-likeness (QED) is 0.785. The first-order valence-corrected chi connectivity index (χ1v) is 6.74. The molecule has 2 N–H and O–H groups in total. The highest BCUT2D eigenvalue weighted by Gasteiger charge is 2.13. The van der Waals surface area contributed by atoms with Crippen LogP contribution in [0.1, 0.15) is 11.3 Å². The van der Waals surface area contributed by atoms with Crippen LogP contribution >= 0.6 is 11.6 Å². The maximum atomic E-state index is 6.08. The lowest BCUT2D eigenvalue weighted by molar-refractivity contribution is 0.303. The Morgan fingerprint density at radius 2 is 1.80 bits per heavy atom. The lowest BCUT2D eigenvalue weighted by Gasteiger charge is -2.07. The molecule has 0 amide bonds. The second-order valence-corrected chi connectivity index (χ2v) is 4.83. The van der Waals surface area contributed by atoms with Crippen LogP contribution in [-0.2, 0) is 13.2 Å². The zero-order valence-corrected chi connectivity index (χ0v) is 11.6. The van der Waals surface area contributed by atoms with Crippen LogP contribution in [0.4, 0.5) is 0 Å². The highest BCUT2D eigenvalue weighted by Crippen LogP contribution is 2.29. The summed E-state index contributed by atoms with van der Waals surface area (Å²) in [6, 6.07) is 15.2. The van der Waals surface area contributed by atoms with Crippen molar-refractivity contribution in [3.05, 3.63) is 64.9 Å². The van der Waals surface area contributed by atoms with E-state index in [1.807, 2.05) is 42.5 Å². The molecule has 1 aromatic heterocycles. The van der Waals surface area contributed by atoms with Crippen LogP contribution in [0.25, 0.3) is 11.0 Å². The van der Waals surface area contributed by atoms with Gasteiger partial charge in [0, 0.05) is 10.9 Å². The Balaban J connectivity index is 1.92. The Bertz CT molecular complexity index is 736. The van der Waals surface area contributed by atoms with Crippen LogP contribution in [0.15, 0.2) is 52.9 Å². The van der Waals surface area contributed by atoms with E-state index in [1.165, 1.54) is 0 Å². The maximum Gasteiger partial charge on any atom is 0.138 e. The van der Waals surface area contributed by atoms with E-state index in [2.05, 4.69) is 0 Å². The first-order chi connectivity index (χ1) is 9.79. The van der Waals surface area contributed by atoms with Gasteiger partial charge in [-0.15, -0.1) is 0 Å². The minimum Gasteiger partial charge on any atom is -0.487 e. The highest BCUT2D eigenvalue weighted by molar-refractivity contribution is 6.32. The van der Waals surface area contributed by atoms with Gasteiger partial charge in [0.05, 0.1) is 11.6 Å². The Hall–Kier alpha value is -1.97. The normalized spacial score (nSPS) is 10.9. The van der Waals surface area contributed by atoms with Crippen molar-refractivity contribution in [3.63, 3.8) is 0 Å². The summed E-state index contributed by atoms with van der Waals surface area (Å²) < 4.78 is 11.5. The number of para-hydroxylation sites is 2.